The molecule has 4 aromatic rings. The Kier molecular flexibility index (Phi) is 5.34. The Morgan fingerprint density at radius 3 is 2.76 bits per heavy atom. The fourth-order valence-electron chi connectivity index (χ4n) is 2.77. The molecule has 2 N–H and O–H groups in total. The van der Waals surface area contributed by atoms with Gasteiger partial charge in [-0.25, -0.2) is 4.68 Å². The summed E-state index contributed by atoms with van der Waals surface area (Å²) in [5.74, 6) is 1.57. The van der Waals surface area contributed by atoms with Gasteiger partial charge in [0, 0.05) is 24.8 Å². The van der Waals surface area contributed by atoms with Crippen LogP contribution in [0.3, 0.4) is 0 Å². The van der Waals surface area contributed by atoms with Gasteiger partial charge in [0.25, 0.3) is 5.91 Å². The zero-order valence-electron chi connectivity index (χ0n) is 15.9. The van der Waals surface area contributed by atoms with Gasteiger partial charge in [0.05, 0.1) is 10.6 Å². The lowest BCUT2D eigenvalue weighted by atomic mass is 10.3. The van der Waals surface area contributed by atoms with Crippen molar-refractivity contribution in [3.8, 4) is 16.5 Å². The van der Waals surface area contributed by atoms with Gasteiger partial charge in [0.15, 0.2) is 17.3 Å². The summed E-state index contributed by atoms with van der Waals surface area (Å²) in [6, 6.07) is 11.1. The summed E-state index contributed by atoms with van der Waals surface area (Å²) in [7, 11) is 0. The van der Waals surface area contributed by atoms with Crippen LogP contribution in [0.5, 0.6) is 0 Å². The predicted molar refractivity (Wildman–Crippen MR) is 109 cm³/mol. The van der Waals surface area contributed by atoms with Gasteiger partial charge in [0.1, 0.15) is 5.82 Å². The normalized spacial score (nSPS) is 10.8. The molecule has 0 aromatic carbocycles. The minimum absolute atomic E-state index is 0.252. The molecule has 0 fully saturated rings. The lowest BCUT2D eigenvalue weighted by molar-refractivity contribution is 0.0946. The first-order chi connectivity index (χ1) is 14.1. The summed E-state index contributed by atoms with van der Waals surface area (Å²) in [6.07, 6.45) is 0. The molecule has 0 saturated carbocycles. The van der Waals surface area contributed by atoms with Crippen molar-refractivity contribution in [2.75, 3.05) is 18.4 Å². The number of carbonyl (C=O) groups excluding carboxylic acids is 1. The highest BCUT2D eigenvalue weighted by atomic mass is 32.1. The highest BCUT2D eigenvalue weighted by Crippen LogP contribution is 2.25. The van der Waals surface area contributed by atoms with Gasteiger partial charge in [-0.1, -0.05) is 11.2 Å². The minimum Gasteiger partial charge on any atom is -0.367 e. The number of aryl methyl sites for hydroxylation is 2. The highest BCUT2D eigenvalue weighted by molar-refractivity contribution is 7.13. The summed E-state index contributed by atoms with van der Waals surface area (Å²) < 4.78 is 6.97. The number of thiophene rings is 1. The topological polar surface area (TPSA) is 111 Å². The fraction of sp³-hybridized carbons (Fsp3) is 0.211. The summed E-state index contributed by atoms with van der Waals surface area (Å²) in [5, 5.41) is 24.4. The molecule has 9 nitrogen and oxygen atoms in total. The van der Waals surface area contributed by atoms with E-state index in [0.717, 1.165) is 16.3 Å². The Hall–Kier alpha value is -3.53. The van der Waals surface area contributed by atoms with E-state index < -0.39 is 0 Å². The number of hydrogen-bond donors (Lipinski definition) is 2. The van der Waals surface area contributed by atoms with E-state index in [1.165, 1.54) is 11.3 Å². The van der Waals surface area contributed by atoms with E-state index in [0.29, 0.717) is 30.5 Å². The number of aromatic nitrogens is 5. The number of nitrogens with zero attached hydrogens (tertiary/aromatic N) is 5. The maximum absolute atomic E-state index is 12.2. The summed E-state index contributed by atoms with van der Waals surface area (Å²) in [6.45, 7) is 4.80. The van der Waals surface area contributed by atoms with Crippen LogP contribution in [0.1, 0.15) is 21.9 Å². The van der Waals surface area contributed by atoms with E-state index in [2.05, 4.69) is 31.1 Å². The number of rotatable bonds is 7. The molecule has 29 heavy (non-hydrogen) atoms. The van der Waals surface area contributed by atoms with E-state index in [9.17, 15) is 4.79 Å². The number of nitrogens with one attached hydrogen (secondary N) is 2. The van der Waals surface area contributed by atoms with Gasteiger partial charge in [-0.15, -0.1) is 21.5 Å². The van der Waals surface area contributed by atoms with Crippen molar-refractivity contribution in [2.45, 2.75) is 13.8 Å². The molecule has 0 aliphatic rings. The second kappa shape index (κ2) is 8.23. The molecule has 0 unspecified atom stereocenters. The lowest BCUT2D eigenvalue weighted by Crippen LogP contribution is -2.29. The maximum atomic E-state index is 12.2. The molecular formula is C19H19N7O2S. The fourth-order valence-corrected chi connectivity index (χ4v) is 3.44. The Labute approximate surface area is 170 Å². The third kappa shape index (κ3) is 4.32. The van der Waals surface area contributed by atoms with E-state index in [1.807, 2.05) is 49.6 Å². The maximum Gasteiger partial charge on any atom is 0.273 e. The molecule has 0 aliphatic heterocycles. The Morgan fingerprint density at radius 1 is 1.17 bits per heavy atom. The second-order valence-electron chi connectivity index (χ2n) is 6.35. The molecule has 0 spiro atoms. The van der Waals surface area contributed by atoms with Gasteiger partial charge < -0.3 is 15.2 Å². The van der Waals surface area contributed by atoms with E-state index >= 15 is 0 Å². The van der Waals surface area contributed by atoms with Crippen molar-refractivity contribution in [3.63, 3.8) is 0 Å². The molecule has 1 amide bonds. The van der Waals surface area contributed by atoms with Crippen molar-refractivity contribution in [3.05, 3.63) is 58.9 Å². The van der Waals surface area contributed by atoms with Crippen molar-refractivity contribution in [1.29, 1.82) is 0 Å². The van der Waals surface area contributed by atoms with Crippen LogP contribution in [-0.2, 0) is 0 Å². The van der Waals surface area contributed by atoms with Gasteiger partial charge in [-0.2, -0.15) is 5.10 Å². The summed E-state index contributed by atoms with van der Waals surface area (Å²) >= 11 is 1.53. The largest absolute Gasteiger partial charge is 0.367 e. The highest BCUT2D eigenvalue weighted by Gasteiger charge is 2.13. The number of hydrogen-bond acceptors (Lipinski definition) is 8. The van der Waals surface area contributed by atoms with Crippen LogP contribution in [0, 0.1) is 13.8 Å². The molecule has 4 aromatic heterocycles. The van der Waals surface area contributed by atoms with Crippen LogP contribution in [0.4, 0.5) is 5.82 Å². The zero-order valence-corrected chi connectivity index (χ0v) is 16.7. The molecule has 0 bridgehead atoms. The first-order valence-corrected chi connectivity index (χ1v) is 9.88. The number of carbonyl (C=O) groups is 1. The molecule has 4 rings (SSSR count). The summed E-state index contributed by atoms with van der Waals surface area (Å²) in [5.41, 5.74) is 2.18. The Balaban J connectivity index is 1.26. The predicted octanol–water partition coefficient (Wildman–Crippen LogP) is 2.84. The molecule has 10 heteroatoms. The van der Waals surface area contributed by atoms with E-state index in [1.54, 1.807) is 10.7 Å². The molecule has 0 saturated heterocycles. The van der Waals surface area contributed by atoms with Crippen molar-refractivity contribution >= 4 is 23.1 Å². The van der Waals surface area contributed by atoms with Crippen LogP contribution < -0.4 is 10.6 Å². The Bertz CT molecular complexity index is 1100. The molecule has 4 heterocycles. The molecule has 0 aliphatic carbocycles. The van der Waals surface area contributed by atoms with Gasteiger partial charge in [0.2, 0.25) is 0 Å². The first-order valence-electron chi connectivity index (χ1n) is 9.00. The third-order valence-corrected chi connectivity index (χ3v) is 4.98. The average molecular weight is 409 g/mol. The molecule has 148 valence electrons. The van der Waals surface area contributed by atoms with E-state index in [-0.39, 0.29) is 11.6 Å². The van der Waals surface area contributed by atoms with Crippen molar-refractivity contribution in [1.82, 2.24) is 30.5 Å². The van der Waals surface area contributed by atoms with Crippen LogP contribution in [0.2, 0.25) is 0 Å². The van der Waals surface area contributed by atoms with Crippen LogP contribution in [0.15, 0.2) is 46.3 Å². The third-order valence-electron chi connectivity index (χ3n) is 4.10. The van der Waals surface area contributed by atoms with Gasteiger partial charge >= 0.3 is 0 Å². The zero-order chi connectivity index (χ0) is 20.2. The smallest absolute Gasteiger partial charge is 0.273 e. The van der Waals surface area contributed by atoms with Crippen LogP contribution in [-0.4, -0.2) is 44.1 Å². The molecule has 0 radical (unpaired) electrons. The van der Waals surface area contributed by atoms with E-state index in [4.69, 9.17) is 4.52 Å². The second-order valence-corrected chi connectivity index (χ2v) is 7.30. The molecular weight excluding hydrogens is 390 g/mol. The Morgan fingerprint density at radius 2 is 2.07 bits per heavy atom. The van der Waals surface area contributed by atoms with Crippen molar-refractivity contribution < 1.29 is 9.32 Å². The monoisotopic (exact) mass is 409 g/mol. The van der Waals surface area contributed by atoms with Gasteiger partial charge in [-0.05, 0) is 43.5 Å². The average Bonchev–Trinajstić information content (AvgIpc) is 3.46. The summed E-state index contributed by atoms with van der Waals surface area (Å²) in [4.78, 5) is 13.1. The first kappa shape index (κ1) is 18.8. The van der Waals surface area contributed by atoms with Gasteiger partial charge in [-0.3, -0.25) is 4.79 Å². The molecule has 0 atom stereocenters. The van der Waals surface area contributed by atoms with Crippen LogP contribution in [0.25, 0.3) is 16.5 Å². The number of anilines is 1. The quantitative estimate of drug-likeness (QED) is 0.452. The lowest BCUT2D eigenvalue weighted by Gasteiger charge is -2.07. The minimum atomic E-state index is -0.288. The number of amides is 1. The SMILES string of the molecule is Cc1cc(C)n(-c2ccc(NCCNC(=O)c3cc(-c4cccs4)on3)nn2)n1. The van der Waals surface area contributed by atoms with Crippen LogP contribution >= 0.6 is 11.3 Å². The van der Waals surface area contributed by atoms with Crippen molar-refractivity contribution in [2.24, 2.45) is 0 Å². The standard InChI is InChI=1S/C19H19N7O2S/c1-12-10-13(2)26(24-12)18-6-5-17(22-23-18)20-7-8-21-19(27)14-11-15(28-25-14)16-4-3-9-29-16/h3-6,9-11H,7-8H2,1-2H3,(H,20,22)(H,21,27).